The van der Waals surface area contributed by atoms with Crippen molar-refractivity contribution in [1.82, 2.24) is 10.6 Å². The van der Waals surface area contributed by atoms with Gasteiger partial charge in [0.2, 0.25) is 5.92 Å². The van der Waals surface area contributed by atoms with Gasteiger partial charge < -0.3 is 15.4 Å². The van der Waals surface area contributed by atoms with Crippen LogP contribution in [0.1, 0.15) is 36.5 Å². The minimum Gasteiger partial charge on any atom is -0.428 e. The molecule has 220 valence electrons. The first kappa shape index (κ1) is 30.1. The first-order chi connectivity index (χ1) is 19.2. The van der Waals surface area contributed by atoms with Gasteiger partial charge in [-0.1, -0.05) is 42.5 Å². The maximum Gasteiger partial charge on any atom is 0.461 e. The van der Waals surface area contributed by atoms with Crippen LogP contribution in [0.3, 0.4) is 0 Å². The number of carbonyl (C=O) groups is 1. The monoisotopic (exact) mass is 586 g/mol. The molecule has 1 fully saturated rings. The van der Waals surface area contributed by atoms with Crippen LogP contribution in [-0.2, 0) is 12.0 Å². The Morgan fingerprint density at radius 2 is 1.54 bits per heavy atom. The molecule has 3 aromatic carbocycles. The largest absolute Gasteiger partial charge is 0.461 e. The molecule has 0 spiro atoms. The highest BCUT2D eigenvalue weighted by Crippen LogP contribution is 2.41. The lowest BCUT2D eigenvalue weighted by atomic mass is 9.76. The van der Waals surface area contributed by atoms with Crippen LogP contribution in [0.5, 0.6) is 5.75 Å². The highest BCUT2D eigenvalue weighted by molar-refractivity contribution is 5.76. The second-order valence-electron chi connectivity index (χ2n) is 10.1. The third kappa shape index (κ3) is 7.09. The Morgan fingerprint density at radius 1 is 0.902 bits per heavy atom. The zero-order chi connectivity index (χ0) is 30.0. The fraction of sp³-hybridized carbons (Fsp3) is 0.345. The molecular formula is C29H26F8N2O2. The first-order valence-corrected chi connectivity index (χ1v) is 12.6. The molecule has 2 N–H and O–H groups in total. The number of hydrogen-bond acceptors (Lipinski definition) is 2. The number of rotatable bonds is 10. The van der Waals surface area contributed by atoms with Gasteiger partial charge in [0.05, 0.1) is 5.54 Å². The van der Waals surface area contributed by atoms with Crippen molar-refractivity contribution < 1.29 is 44.7 Å². The molecule has 4 nitrogen and oxygen atoms in total. The maximum absolute atomic E-state index is 14.8. The van der Waals surface area contributed by atoms with Crippen LogP contribution in [0.25, 0.3) is 0 Å². The summed E-state index contributed by atoms with van der Waals surface area (Å²) in [5.74, 6) is -6.60. The van der Waals surface area contributed by atoms with Crippen molar-refractivity contribution in [1.29, 1.82) is 0 Å². The lowest BCUT2D eigenvalue weighted by Crippen LogP contribution is -2.57. The lowest BCUT2D eigenvalue weighted by molar-refractivity contribution is -0.253. The number of urea groups is 1. The van der Waals surface area contributed by atoms with Crippen molar-refractivity contribution >= 4 is 6.03 Å². The molecule has 0 aliphatic heterocycles. The summed E-state index contributed by atoms with van der Waals surface area (Å²) in [6.45, 7) is 0.786. The van der Waals surface area contributed by atoms with E-state index < -0.39 is 59.4 Å². The smallest absolute Gasteiger partial charge is 0.428 e. The van der Waals surface area contributed by atoms with Crippen LogP contribution in [0, 0.1) is 17.6 Å². The molecule has 0 unspecified atom stereocenters. The van der Waals surface area contributed by atoms with Gasteiger partial charge in [-0.3, -0.25) is 0 Å². The quantitative estimate of drug-likeness (QED) is 0.243. The Hall–Kier alpha value is -3.83. The molecule has 0 radical (unpaired) electrons. The lowest BCUT2D eigenvalue weighted by Gasteiger charge is -2.41. The van der Waals surface area contributed by atoms with Gasteiger partial charge in [0.1, 0.15) is 17.4 Å². The summed E-state index contributed by atoms with van der Waals surface area (Å²) >= 11 is 0. The standard InChI is InChI=1S/C29H26F8N2O2/c1-27(34,35)19-12-23(13-19)38-26(40)39-28(16-17-5-3-2-4-6-17,18-7-9-21(30)10-8-18)20-11-22(31)15-24(14-20)41-29(36,37)25(32)33/h2-11,14-15,19,23,25H,12-13,16H2,1H3,(H2,38,39,40)/t19?,23?,28-/m1/s1. The van der Waals surface area contributed by atoms with Gasteiger partial charge in [-0.2, -0.15) is 17.6 Å². The molecule has 1 aliphatic carbocycles. The van der Waals surface area contributed by atoms with Crippen molar-refractivity contribution in [2.75, 3.05) is 0 Å². The summed E-state index contributed by atoms with van der Waals surface area (Å²) < 4.78 is 113. The number of nitrogens with one attached hydrogen (secondary N) is 2. The summed E-state index contributed by atoms with van der Waals surface area (Å²) in [4.78, 5) is 13.3. The molecule has 12 heteroatoms. The number of ether oxygens (including phenoxy) is 1. The zero-order valence-corrected chi connectivity index (χ0v) is 21.6. The molecule has 4 rings (SSSR count). The van der Waals surface area contributed by atoms with Crippen LogP contribution >= 0.6 is 0 Å². The van der Waals surface area contributed by atoms with E-state index in [0.29, 0.717) is 11.6 Å². The Morgan fingerprint density at radius 3 is 2.12 bits per heavy atom. The Bertz CT molecular complexity index is 1340. The van der Waals surface area contributed by atoms with E-state index in [1.807, 2.05) is 0 Å². The Kier molecular flexibility index (Phi) is 8.51. The fourth-order valence-corrected chi connectivity index (χ4v) is 4.83. The van der Waals surface area contributed by atoms with Crippen LogP contribution in [0.2, 0.25) is 0 Å². The van der Waals surface area contributed by atoms with Crippen molar-refractivity contribution in [2.45, 2.75) is 56.2 Å². The molecule has 41 heavy (non-hydrogen) atoms. The van der Waals surface area contributed by atoms with Gasteiger partial charge in [0.15, 0.2) is 0 Å². The van der Waals surface area contributed by atoms with Gasteiger partial charge in [0, 0.05) is 24.4 Å². The van der Waals surface area contributed by atoms with Gasteiger partial charge in [0.25, 0.3) is 0 Å². The summed E-state index contributed by atoms with van der Waals surface area (Å²) in [6.07, 6.45) is -9.30. The average molecular weight is 587 g/mol. The SMILES string of the molecule is CC(F)(F)C1CC(NC(=O)N[C@](Cc2ccccc2)(c2ccc(F)cc2)c2cc(F)cc(OC(F)(F)C(F)F)c2)C1. The molecular weight excluding hydrogens is 560 g/mol. The van der Waals surface area contributed by atoms with E-state index in [0.717, 1.165) is 31.2 Å². The van der Waals surface area contributed by atoms with E-state index in [9.17, 15) is 39.9 Å². The molecule has 0 heterocycles. The first-order valence-electron chi connectivity index (χ1n) is 12.6. The summed E-state index contributed by atoms with van der Waals surface area (Å²) in [6, 6.07) is 13.9. The van der Waals surface area contributed by atoms with Crippen LogP contribution in [0.15, 0.2) is 72.8 Å². The number of hydrogen-bond donors (Lipinski definition) is 2. The van der Waals surface area contributed by atoms with Gasteiger partial charge in [-0.25, -0.2) is 22.4 Å². The highest BCUT2D eigenvalue weighted by Gasteiger charge is 2.46. The number of alkyl halides is 6. The minimum atomic E-state index is -4.95. The molecule has 2 amide bonds. The Labute approximate surface area is 230 Å². The summed E-state index contributed by atoms with van der Waals surface area (Å²) in [7, 11) is 0. The van der Waals surface area contributed by atoms with Crippen LogP contribution < -0.4 is 15.4 Å². The molecule has 1 atom stereocenters. The average Bonchev–Trinajstić information content (AvgIpc) is 2.85. The summed E-state index contributed by atoms with van der Waals surface area (Å²) in [5.41, 5.74) is -1.23. The van der Waals surface area contributed by atoms with E-state index in [4.69, 9.17) is 0 Å². The third-order valence-electron chi connectivity index (χ3n) is 7.04. The predicted octanol–water partition coefficient (Wildman–Crippen LogP) is 7.42. The van der Waals surface area contributed by atoms with Crippen LogP contribution in [-0.4, -0.2) is 30.5 Å². The maximum atomic E-state index is 14.8. The minimum absolute atomic E-state index is 0.000181. The van der Waals surface area contributed by atoms with E-state index in [-0.39, 0.29) is 30.4 Å². The molecule has 0 aromatic heterocycles. The zero-order valence-electron chi connectivity index (χ0n) is 21.6. The highest BCUT2D eigenvalue weighted by atomic mass is 19.3. The van der Waals surface area contributed by atoms with Crippen molar-refractivity contribution in [3.8, 4) is 5.75 Å². The van der Waals surface area contributed by atoms with Gasteiger partial charge >= 0.3 is 18.6 Å². The number of benzene rings is 3. The third-order valence-corrected chi connectivity index (χ3v) is 7.04. The molecule has 1 saturated carbocycles. The van der Waals surface area contributed by atoms with Crippen molar-refractivity contribution in [3.63, 3.8) is 0 Å². The normalized spacial score (nSPS) is 18.8. The van der Waals surface area contributed by atoms with Crippen molar-refractivity contribution in [3.05, 3.63) is 101 Å². The van der Waals surface area contributed by atoms with E-state index in [1.54, 1.807) is 30.3 Å². The Balaban J connectivity index is 1.79. The summed E-state index contributed by atoms with van der Waals surface area (Å²) in [5, 5.41) is 5.30. The van der Waals surface area contributed by atoms with E-state index in [1.165, 1.54) is 12.1 Å². The molecule has 1 aliphatic rings. The van der Waals surface area contributed by atoms with E-state index in [2.05, 4.69) is 15.4 Å². The molecule has 0 saturated heterocycles. The molecule has 3 aromatic rings. The second kappa shape index (κ2) is 11.6. The topological polar surface area (TPSA) is 50.4 Å². The molecule has 0 bridgehead atoms. The second-order valence-corrected chi connectivity index (χ2v) is 10.1. The van der Waals surface area contributed by atoms with Crippen molar-refractivity contribution in [2.24, 2.45) is 5.92 Å². The van der Waals surface area contributed by atoms with Crippen LogP contribution in [0.4, 0.5) is 39.9 Å². The fourth-order valence-electron chi connectivity index (χ4n) is 4.83. The van der Waals surface area contributed by atoms with E-state index >= 15 is 0 Å². The van der Waals surface area contributed by atoms with Gasteiger partial charge in [-0.15, -0.1) is 0 Å². The predicted molar refractivity (Wildman–Crippen MR) is 134 cm³/mol. The number of amides is 2. The number of carbonyl (C=O) groups excluding carboxylic acids is 1. The van der Waals surface area contributed by atoms with Gasteiger partial charge in [-0.05, 0) is 60.7 Å². The number of halogens is 8.